The molecule has 0 spiro atoms. The number of anilines is 1. The lowest BCUT2D eigenvalue weighted by molar-refractivity contribution is 0.0975. The molecule has 0 radical (unpaired) electrons. The number of rotatable bonds is 3. The summed E-state index contributed by atoms with van der Waals surface area (Å²) in [6, 6.07) is 15.3. The van der Waals surface area contributed by atoms with Crippen LogP contribution in [0.3, 0.4) is 0 Å². The quantitative estimate of drug-likeness (QED) is 0.275. The molecule has 3 aromatic rings. The van der Waals surface area contributed by atoms with Crippen molar-refractivity contribution in [2.45, 2.75) is 0 Å². The molecule has 0 unspecified atom stereocenters. The van der Waals surface area contributed by atoms with Crippen LogP contribution in [-0.4, -0.2) is 18.1 Å². The van der Waals surface area contributed by atoms with Crippen molar-refractivity contribution in [1.29, 1.82) is 0 Å². The summed E-state index contributed by atoms with van der Waals surface area (Å²) in [5, 5.41) is 7.88. The standard InChI is InChI=1S/C19H13Br2IN2O2S/c1-26-17-13(8-10-4-2-3-5-12(10)16(17)21)18(25)24-19(27)23-15-7-6-11(20)9-14(15)22/h2-9H,1H3,(H2,23,24,25,27). The third-order valence-electron chi connectivity index (χ3n) is 3.80. The summed E-state index contributed by atoms with van der Waals surface area (Å²) in [6.07, 6.45) is 0. The number of ether oxygens (including phenoxy) is 1. The average molecular weight is 620 g/mol. The minimum Gasteiger partial charge on any atom is -0.495 e. The van der Waals surface area contributed by atoms with Gasteiger partial charge in [0.1, 0.15) is 5.75 Å². The SMILES string of the molecule is COc1c(C(=O)NC(=S)Nc2ccc(Br)cc2I)cc2ccccc2c1Br. The van der Waals surface area contributed by atoms with Crippen LogP contribution < -0.4 is 15.4 Å². The predicted molar refractivity (Wildman–Crippen MR) is 129 cm³/mol. The Balaban J connectivity index is 1.86. The summed E-state index contributed by atoms with van der Waals surface area (Å²) in [7, 11) is 1.53. The van der Waals surface area contributed by atoms with Gasteiger partial charge in [-0.05, 0) is 85.8 Å². The minimum absolute atomic E-state index is 0.214. The van der Waals surface area contributed by atoms with Crippen molar-refractivity contribution < 1.29 is 9.53 Å². The van der Waals surface area contributed by atoms with Crippen LogP contribution in [0.4, 0.5) is 5.69 Å². The van der Waals surface area contributed by atoms with Gasteiger partial charge >= 0.3 is 0 Å². The summed E-state index contributed by atoms with van der Waals surface area (Å²) in [5.74, 6) is 0.121. The highest BCUT2D eigenvalue weighted by Gasteiger charge is 2.19. The van der Waals surface area contributed by atoms with Crippen molar-refractivity contribution in [2.24, 2.45) is 0 Å². The Labute approximate surface area is 192 Å². The van der Waals surface area contributed by atoms with E-state index < -0.39 is 0 Å². The second-order valence-corrected chi connectivity index (χ2v) is 8.80. The van der Waals surface area contributed by atoms with Gasteiger partial charge in [-0.2, -0.15) is 0 Å². The van der Waals surface area contributed by atoms with Crippen LogP contribution in [0.2, 0.25) is 0 Å². The number of fused-ring (bicyclic) bond motifs is 1. The Morgan fingerprint density at radius 1 is 1.15 bits per heavy atom. The van der Waals surface area contributed by atoms with Crippen molar-refractivity contribution in [3.8, 4) is 5.75 Å². The molecule has 0 aliphatic rings. The zero-order valence-electron chi connectivity index (χ0n) is 14.0. The zero-order chi connectivity index (χ0) is 19.6. The van der Waals surface area contributed by atoms with Crippen LogP contribution in [0.15, 0.2) is 57.5 Å². The second-order valence-electron chi connectivity index (χ2n) is 5.52. The normalized spacial score (nSPS) is 10.5. The number of thiocarbonyl (C=S) groups is 1. The Hall–Kier alpha value is -1.23. The van der Waals surface area contributed by atoms with E-state index in [1.807, 2.05) is 42.5 Å². The number of carbonyl (C=O) groups is 1. The number of hydrogen-bond donors (Lipinski definition) is 2. The van der Waals surface area contributed by atoms with Crippen LogP contribution in [0.1, 0.15) is 10.4 Å². The van der Waals surface area contributed by atoms with E-state index in [4.69, 9.17) is 17.0 Å². The summed E-state index contributed by atoms with van der Waals surface area (Å²) in [4.78, 5) is 12.8. The molecule has 27 heavy (non-hydrogen) atoms. The molecule has 0 fully saturated rings. The monoisotopic (exact) mass is 618 g/mol. The van der Waals surface area contributed by atoms with Crippen molar-refractivity contribution in [1.82, 2.24) is 5.32 Å². The molecular formula is C19H13Br2IN2O2S. The maximum atomic E-state index is 12.8. The van der Waals surface area contributed by atoms with Crippen LogP contribution in [0.25, 0.3) is 10.8 Å². The molecule has 8 heteroatoms. The lowest BCUT2D eigenvalue weighted by atomic mass is 10.1. The van der Waals surface area contributed by atoms with Gasteiger partial charge in [-0.3, -0.25) is 10.1 Å². The van der Waals surface area contributed by atoms with Crippen molar-refractivity contribution in [2.75, 3.05) is 12.4 Å². The number of amides is 1. The topological polar surface area (TPSA) is 50.4 Å². The third-order valence-corrected chi connectivity index (χ3v) is 6.17. The Morgan fingerprint density at radius 3 is 2.59 bits per heavy atom. The molecule has 2 N–H and O–H groups in total. The molecule has 0 aliphatic carbocycles. The fourth-order valence-corrected chi connectivity index (χ4v) is 4.95. The van der Waals surface area contributed by atoms with Gasteiger partial charge in [0.2, 0.25) is 0 Å². The molecule has 0 heterocycles. The van der Waals surface area contributed by atoms with Crippen molar-refractivity contribution >= 4 is 94.1 Å². The largest absolute Gasteiger partial charge is 0.495 e. The molecule has 0 saturated heterocycles. The molecule has 0 aromatic heterocycles. The number of hydrogen-bond acceptors (Lipinski definition) is 3. The van der Waals surface area contributed by atoms with Gasteiger partial charge in [-0.1, -0.05) is 40.2 Å². The van der Waals surface area contributed by atoms with E-state index in [9.17, 15) is 4.79 Å². The molecule has 0 atom stereocenters. The Kier molecular flexibility index (Phi) is 6.72. The maximum absolute atomic E-state index is 12.8. The van der Waals surface area contributed by atoms with Gasteiger partial charge < -0.3 is 10.1 Å². The molecule has 3 rings (SSSR count). The highest BCUT2D eigenvalue weighted by Crippen LogP contribution is 2.36. The molecule has 0 aliphatic heterocycles. The number of methoxy groups -OCH3 is 1. The van der Waals surface area contributed by atoms with E-state index >= 15 is 0 Å². The zero-order valence-corrected chi connectivity index (χ0v) is 20.1. The van der Waals surface area contributed by atoms with E-state index in [1.54, 1.807) is 6.07 Å². The number of halogens is 3. The first-order valence-corrected chi connectivity index (χ1v) is 10.8. The van der Waals surface area contributed by atoms with Crippen molar-refractivity contribution in [3.63, 3.8) is 0 Å². The maximum Gasteiger partial charge on any atom is 0.261 e. The van der Waals surface area contributed by atoms with Gasteiger partial charge in [0, 0.05) is 8.04 Å². The summed E-state index contributed by atoms with van der Waals surface area (Å²) in [5.41, 5.74) is 1.22. The molecule has 0 saturated carbocycles. The van der Waals surface area contributed by atoms with E-state index in [0.29, 0.717) is 11.3 Å². The first-order valence-electron chi connectivity index (χ1n) is 7.73. The summed E-state index contributed by atoms with van der Waals surface area (Å²) >= 11 is 14.5. The van der Waals surface area contributed by atoms with E-state index in [-0.39, 0.29) is 11.0 Å². The van der Waals surface area contributed by atoms with Gasteiger partial charge in [0.15, 0.2) is 5.11 Å². The number of nitrogens with one attached hydrogen (secondary N) is 2. The summed E-state index contributed by atoms with van der Waals surface area (Å²) in [6.45, 7) is 0. The molecule has 1 amide bonds. The third kappa shape index (κ3) is 4.61. The first-order chi connectivity index (χ1) is 12.9. The van der Waals surface area contributed by atoms with E-state index in [0.717, 1.165) is 29.0 Å². The fraction of sp³-hybridized carbons (Fsp3) is 0.0526. The highest BCUT2D eigenvalue weighted by molar-refractivity contribution is 14.1. The van der Waals surface area contributed by atoms with E-state index in [2.05, 4.69) is 65.1 Å². The number of benzene rings is 3. The van der Waals surface area contributed by atoms with Crippen LogP contribution in [-0.2, 0) is 0 Å². The second kappa shape index (κ2) is 8.85. The molecular weight excluding hydrogens is 607 g/mol. The molecule has 138 valence electrons. The fourth-order valence-electron chi connectivity index (χ4n) is 2.57. The molecule has 4 nitrogen and oxygen atoms in total. The lowest BCUT2D eigenvalue weighted by Crippen LogP contribution is -2.34. The minimum atomic E-state index is -0.345. The smallest absolute Gasteiger partial charge is 0.261 e. The van der Waals surface area contributed by atoms with Crippen LogP contribution in [0, 0.1) is 3.57 Å². The molecule has 0 bridgehead atoms. The van der Waals surface area contributed by atoms with Gasteiger partial charge in [-0.25, -0.2) is 0 Å². The van der Waals surface area contributed by atoms with Crippen molar-refractivity contribution in [3.05, 3.63) is 66.6 Å². The van der Waals surface area contributed by atoms with Gasteiger partial charge in [0.05, 0.1) is 22.8 Å². The Bertz CT molecular complexity index is 1060. The Morgan fingerprint density at radius 2 is 1.89 bits per heavy atom. The molecule has 3 aromatic carbocycles. The first kappa shape index (κ1) is 20.5. The highest BCUT2D eigenvalue weighted by atomic mass is 127. The van der Waals surface area contributed by atoms with Crippen LogP contribution in [0.5, 0.6) is 5.75 Å². The summed E-state index contributed by atoms with van der Waals surface area (Å²) < 4.78 is 8.14. The number of carbonyl (C=O) groups excluding carboxylic acids is 1. The average Bonchev–Trinajstić information content (AvgIpc) is 2.64. The van der Waals surface area contributed by atoms with Crippen LogP contribution >= 0.6 is 66.7 Å². The lowest BCUT2D eigenvalue weighted by Gasteiger charge is -2.15. The van der Waals surface area contributed by atoms with Gasteiger partial charge in [-0.15, -0.1) is 0 Å². The van der Waals surface area contributed by atoms with E-state index in [1.165, 1.54) is 7.11 Å². The predicted octanol–water partition coefficient (Wildman–Crippen LogP) is 6.10. The van der Waals surface area contributed by atoms with Gasteiger partial charge in [0.25, 0.3) is 5.91 Å².